The Hall–Kier alpha value is -2.24. The smallest absolute Gasteiger partial charge is 0.146 e. The molecule has 1 N–H and O–H groups in total. The number of hydrogen-bond donors (Lipinski definition) is 1. The lowest BCUT2D eigenvalue weighted by molar-refractivity contribution is -0.0204. The molecule has 0 amide bonds. The molecule has 2 aromatic heterocycles. The van der Waals surface area contributed by atoms with E-state index in [1.165, 1.54) is 0 Å². The van der Waals surface area contributed by atoms with Crippen LogP contribution < -0.4 is 0 Å². The second-order valence-electron chi connectivity index (χ2n) is 5.52. The Morgan fingerprint density at radius 3 is 2.77 bits per heavy atom. The van der Waals surface area contributed by atoms with E-state index >= 15 is 0 Å². The first kappa shape index (κ1) is 13.4. The Bertz CT molecular complexity index is 785. The maximum absolute atomic E-state index is 9.23. The molecule has 112 valence electrons. The molecule has 5 nitrogen and oxygen atoms in total. The second kappa shape index (κ2) is 5.51. The van der Waals surface area contributed by atoms with Gasteiger partial charge in [-0.25, -0.2) is 9.97 Å². The van der Waals surface area contributed by atoms with E-state index in [0.717, 1.165) is 35.1 Å². The highest BCUT2D eigenvalue weighted by atomic mass is 16.5. The molecule has 0 spiro atoms. The number of fused-ring (bicyclic) bond motifs is 1. The maximum Gasteiger partial charge on any atom is 0.146 e. The van der Waals surface area contributed by atoms with Gasteiger partial charge >= 0.3 is 0 Å². The zero-order chi connectivity index (χ0) is 14.9. The van der Waals surface area contributed by atoms with Crippen molar-refractivity contribution in [3.63, 3.8) is 0 Å². The lowest BCUT2D eigenvalue weighted by atomic mass is 10.1. The van der Waals surface area contributed by atoms with Crippen LogP contribution in [0, 0.1) is 0 Å². The third kappa shape index (κ3) is 2.19. The minimum atomic E-state index is -0.0714. The minimum Gasteiger partial charge on any atom is -0.394 e. The molecule has 2 atom stereocenters. The van der Waals surface area contributed by atoms with Gasteiger partial charge in [-0.3, -0.25) is 0 Å². The van der Waals surface area contributed by atoms with Crippen molar-refractivity contribution >= 4 is 11.0 Å². The van der Waals surface area contributed by atoms with Gasteiger partial charge < -0.3 is 14.4 Å². The van der Waals surface area contributed by atoms with Gasteiger partial charge in [0, 0.05) is 17.1 Å². The molecule has 1 aromatic carbocycles. The van der Waals surface area contributed by atoms with Crippen LogP contribution in [0.15, 0.2) is 48.9 Å². The van der Waals surface area contributed by atoms with Crippen molar-refractivity contribution in [2.75, 3.05) is 6.61 Å². The molecule has 0 radical (unpaired) electrons. The van der Waals surface area contributed by atoms with Crippen molar-refractivity contribution in [1.82, 2.24) is 14.5 Å². The molecule has 0 bridgehead atoms. The third-order valence-corrected chi connectivity index (χ3v) is 4.16. The van der Waals surface area contributed by atoms with Gasteiger partial charge in [-0.05, 0) is 18.9 Å². The van der Waals surface area contributed by atoms with E-state index in [-0.39, 0.29) is 18.9 Å². The lowest BCUT2D eigenvalue weighted by Crippen LogP contribution is -2.14. The van der Waals surface area contributed by atoms with E-state index in [4.69, 9.17) is 4.74 Å². The van der Waals surface area contributed by atoms with Crippen LogP contribution in [0.2, 0.25) is 0 Å². The summed E-state index contributed by atoms with van der Waals surface area (Å²) < 4.78 is 7.90. The first-order valence-corrected chi connectivity index (χ1v) is 7.50. The quantitative estimate of drug-likeness (QED) is 0.807. The monoisotopic (exact) mass is 295 g/mol. The van der Waals surface area contributed by atoms with Crippen LogP contribution in [0.5, 0.6) is 0 Å². The summed E-state index contributed by atoms with van der Waals surface area (Å²) in [7, 11) is 0. The summed E-state index contributed by atoms with van der Waals surface area (Å²) in [5, 5.41) is 10.2. The van der Waals surface area contributed by atoms with Crippen molar-refractivity contribution < 1.29 is 9.84 Å². The summed E-state index contributed by atoms with van der Waals surface area (Å²) in [5.41, 5.74) is 2.88. The summed E-state index contributed by atoms with van der Waals surface area (Å²) >= 11 is 0. The van der Waals surface area contributed by atoms with Crippen LogP contribution in [0.3, 0.4) is 0 Å². The van der Waals surface area contributed by atoms with Crippen molar-refractivity contribution in [2.24, 2.45) is 0 Å². The molecule has 4 rings (SSSR count). The Morgan fingerprint density at radius 2 is 2.00 bits per heavy atom. The molecule has 0 saturated carbocycles. The van der Waals surface area contributed by atoms with Crippen molar-refractivity contribution in [3.8, 4) is 11.3 Å². The van der Waals surface area contributed by atoms with Crippen LogP contribution in [-0.4, -0.2) is 32.4 Å². The second-order valence-corrected chi connectivity index (χ2v) is 5.52. The Balaban J connectivity index is 1.78. The topological polar surface area (TPSA) is 60.2 Å². The van der Waals surface area contributed by atoms with Gasteiger partial charge in [0.1, 0.15) is 18.2 Å². The number of benzene rings is 1. The highest BCUT2D eigenvalue weighted by Gasteiger charge is 2.27. The first-order chi connectivity index (χ1) is 10.9. The number of rotatable bonds is 3. The highest BCUT2D eigenvalue weighted by Crippen LogP contribution is 2.33. The Morgan fingerprint density at radius 1 is 1.14 bits per heavy atom. The Kier molecular flexibility index (Phi) is 3.36. The fourth-order valence-corrected chi connectivity index (χ4v) is 3.06. The fourth-order valence-electron chi connectivity index (χ4n) is 3.06. The van der Waals surface area contributed by atoms with Gasteiger partial charge in [-0.2, -0.15) is 0 Å². The average molecular weight is 295 g/mol. The van der Waals surface area contributed by atoms with E-state index in [9.17, 15) is 5.11 Å². The third-order valence-electron chi connectivity index (χ3n) is 4.16. The van der Waals surface area contributed by atoms with E-state index in [2.05, 4.69) is 9.97 Å². The molecular formula is C17H17N3O2. The average Bonchev–Trinajstić information content (AvgIpc) is 3.21. The summed E-state index contributed by atoms with van der Waals surface area (Å²) in [5.74, 6) is 0. The maximum atomic E-state index is 9.23. The van der Waals surface area contributed by atoms with Crippen LogP contribution in [0.25, 0.3) is 22.3 Å². The van der Waals surface area contributed by atoms with E-state index in [1.807, 2.05) is 47.2 Å². The molecule has 3 aromatic rings. The first-order valence-electron chi connectivity index (χ1n) is 7.50. The number of hydrogen-bond acceptors (Lipinski definition) is 4. The summed E-state index contributed by atoms with van der Waals surface area (Å²) in [6.07, 6.45) is 5.22. The lowest BCUT2D eigenvalue weighted by Gasteiger charge is -2.14. The summed E-state index contributed by atoms with van der Waals surface area (Å²) in [6, 6.07) is 12.1. The van der Waals surface area contributed by atoms with Gasteiger partial charge in [0.25, 0.3) is 0 Å². The van der Waals surface area contributed by atoms with Gasteiger partial charge in [0.15, 0.2) is 0 Å². The van der Waals surface area contributed by atoms with E-state index < -0.39 is 0 Å². The molecule has 22 heavy (non-hydrogen) atoms. The van der Waals surface area contributed by atoms with Gasteiger partial charge in [0.05, 0.1) is 18.4 Å². The van der Waals surface area contributed by atoms with Crippen LogP contribution in [0.1, 0.15) is 19.1 Å². The molecular weight excluding hydrogens is 278 g/mol. The minimum absolute atomic E-state index is 0.0619. The Labute approximate surface area is 128 Å². The zero-order valence-electron chi connectivity index (χ0n) is 12.1. The van der Waals surface area contributed by atoms with Gasteiger partial charge in [-0.15, -0.1) is 0 Å². The number of aliphatic hydroxyl groups is 1. The van der Waals surface area contributed by atoms with Crippen LogP contribution in [0.4, 0.5) is 0 Å². The SMILES string of the molecule is OCC1CCC(n2ccc3c(-c4ccccc4)ncnc32)O1. The van der Waals surface area contributed by atoms with Crippen LogP contribution >= 0.6 is 0 Å². The predicted octanol–water partition coefficient (Wildman–Crippen LogP) is 2.77. The largest absolute Gasteiger partial charge is 0.394 e. The molecule has 1 saturated heterocycles. The predicted molar refractivity (Wildman–Crippen MR) is 83.2 cm³/mol. The number of nitrogens with zero attached hydrogens (tertiary/aromatic N) is 3. The number of ether oxygens (including phenoxy) is 1. The van der Waals surface area contributed by atoms with Crippen molar-refractivity contribution in [2.45, 2.75) is 25.2 Å². The fraction of sp³-hybridized carbons (Fsp3) is 0.294. The molecule has 5 heteroatoms. The van der Waals surface area contributed by atoms with Gasteiger partial charge in [0.2, 0.25) is 0 Å². The van der Waals surface area contributed by atoms with Crippen LogP contribution in [-0.2, 0) is 4.74 Å². The molecule has 1 aliphatic heterocycles. The summed E-state index contributed by atoms with van der Waals surface area (Å²) in [6.45, 7) is 0.0694. The molecule has 1 aliphatic rings. The highest BCUT2D eigenvalue weighted by molar-refractivity contribution is 5.90. The zero-order valence-corrected chi connectivity index (χ0v) is 12.1. The van der Waals surface area contributed by atoms with E-state index in [1.54, 1.807) is 6.33 Å². The van der Waals surface area contributed by atoms with Crippen molar-refractivity contribution in [3.05, 3.63) is 48.9 Å². The number of aromatic nitrogens is 3. The molecule has 2 unspecified atom stereocenters. The normalized spacial score (nSPS) is 21.5. The van der Waals surface area contributed by atoms with Gasteiger partial charge in [-0.1, -0.05) is 30.3 Å². The van der Waals surface area contributed by atoms with E-state index in [0.29, 0.717) is 0 Å². The standard InChI is InChI=1S/C17H17N3O2/c21-10-13-6-7-15(22-13)20-9-8-14-16(18-11-19-17(14)20)12-4-2-1-3-5-12/h1-5,8-9,11,13,15,21H,6-7,10H2. The molecule has 0 aliphatic carbocycles. The van der Waals surface area contributed by atoms with Crippen molar-refractivity contribution in [1.29, 1.82) is 0 Å². The number of aliphatic hydroxyl groups excluding tert-OH is 1. The summed E-state index contributed by atoms with van der Waals surface area (Å²) in [4.78, 5) is 8.88. The molecule has 1 fully saturated rings. The molecule has 3 heterocycles.